The lowest BCUT2D eigenvalue weighted by Crippen LogP contribution is -2.46. The predicted molar refractivity (Wildman–Crippen MR) is 77.4 cm³/mol. The van der Waals surface area contributed by atoms with Crippen molar-refractivity contribution in [3.63, 3.8) is 0 Å². The van der Waals surface area contributed by atoms with E-state index in [9.17, 15) is 9.59 Å². The molecule has 1 fully saturated rings. The average molecular weight is 288 g/mol. The Morgan fingerprint density at radius 3 is 2.58 bits per heavy atom. The van der Waals surface area contributed by atoms with Crippen LogP contribution in [0.2, 0.25) is 0 Å². The number of carbonyl (C=O) groups is 2. The second-order valence-corrected chi connectivity index (χ2v) is 6.32. The summed E-state index contributed by atoms with van der Waals surface area (Å²) in [5.74, 6) is -0.818. The van der Waals surface area contributed by atoms with Crippen LogP contribution < -0.4 is 10.6 Å². The number of hydrogen-bond acceptors (Lipinski definition) is 4. The van der Waals surface area contributed by atoms with Crippen molar-refractivity contribution in [2.45, 2.75) is 44.4 Å². The first kappa shape index (κ1) is 16.3. The number of hydrogen-bond donors (Lipinski definition) is 3. The van der Waals surface area contributed by atoms with Crippen molar-refractivity contribution in [2.75, 3.05) is 18.8 Å². The van der Waals surface area contributed by atoms with Gasteiger partial charge in [0.15, 0.2) is 0 Å². The number of carboxylic acid groups (broad SMARTS) is 1. The lowest BCUT2D eigenvalue weighted by Gasteiger charge is -2.23. The minimum absolute atomic E-state index is 0.0506. The first-order valence-corrected chi connectivity index (χ1v) is 7.94. The molecule has 0 radical (unpaired) electrons. The Kier molecular flexibility index (Phi) is 7.23. The van der Waals surface area contributed by atoms with E-state index in [1.165, 1.54) is 0 Å². The maximum Gasteiger partial charge on any atom is 0.326 e. The molecule has 1 saturated heterocycles. The molecule has 1 amide bonds. The van der Waals surface area contributed by atoms with Crippen LogP contribution in [0.1, 0.15) is 33.1 Å². The third-order valence-electron chi connectivity index (χ3n) is 3.53. The van der Waals surface area contributed by atoms with Gasteiger partial charge in [0, 0.05) is 5.25 Å². The smallest absolute Gasteiger partial charge is 0.326 e. The standard InChI is InChI=1S/C13H24N2O3S/c1-3-9(2)12(13(17)18)15-11(16)8-19-10-4-6-14-7-5-10/h9-10,12,14H,3-8H2,1-2H3,(H,15,16)(H,17,18)/t9-,12-/m0/s1. The van der Waals surface area contributed by atoms with Gasteiger partial charge in [-0.3, -0.25) is 4.79 Å². The van der Waals surface area contributed by atoms with E-state index in [-0.39, 0.29) is 11.8 Å². The molecule has 0 aromatic carbocycles. The fourth-order valence-electron chi connectivity index (χ4n) is 2.05. The molecule has 0 saturated carbocycles. The summed E-state index contributed by atoms with van der Waals surface area (Å²) >= 11 is 1.63. The number of nitrogens with one attached hydrogen (secondary N) is 2. The van der Waals surface area contributed by atoms with Gasteiger partial charge in [-0.2, -0.15) is 0 Å². The van der Waals surface area contributed by atoms with Crippen LogP contribution in [-0.4, -0.2) is 47.1 Å². The van der Waals surface area contributed by atoms with Gasteiger partial charge in [-0.15, -0.1) is 11.8 Å². The minimum Gasteiger partial charge on any atom is -0.480 e. The molecule has 1 heterocycles. The molecule has 6 heteroatoms. The van der Waals surface area contributed by atoms with E-state index in [1.807, 2.05) is 13.8 Å². The van der Waals surface area contributed by atoms with Gasteiger partial charge < -0.3 is 15.7 Å². The van der Waals surface area contributed by atoms with E-state index in [0.717, 1.165) is 32.4 Å². The Morgan fingerprint density at radius 2 is 2.05 bits per heavy atom. The Bertz CT molecular complexity index is 306. The summed E-state index contributed by atoms with van der Waals surface area (Å²) in [4.78, 5) is 22.9. The maximum atomic E-state index is 11.8. The molecule has 1 aliphatic rings. The lowest BCUT2D eigenvalue weighted by atomic mass is 9.99. The van der Waals surface area contributed by atoms with Crippen LogP contribution in [-0.2, 0) is 9.59 Å². The monoisotopic (exact) mass is 288 g/mol. The normalized spacial score (nSPS) is 19.7. The molecule has 110 valence electrons. The summed E-state index contributed by atoms with van der Waals surface area (Å²) in [5.41, 5.74) is 0. The van der Waals surface area contributed by atoms with Crippen LogP contribution >= 0.6 is 11.8 Å². The van der Waals surface area contributed by atoms with Crippen molar-refractivity contribution < 1.29 is 14.7 Å². The Labute approximate surface area is 118 Å². The first-order chi connectivity index (χ1) is 9.04. The van der Waals surface area contributed by atoms with Crippen molar-refractivity contribution in [1.29, 1.82) is 0 Å². The molecule has 0 spiro atoms. The van der Waals surface area contributed by atoms with Gasteiger partial charge in [0.2, 0.25) is 5.91 Å². The van der Waals surface area contributed by atoms with E-state index in [0.29, 0.717) is 11.0 Å². The fourth-order valence-corrected chi connectivity index (χ4v) is 3.09. The van der Waals surface area contributed by atoms with E-state index in [4.69, 9.17) is 5.11 Å². The van der Waals surface area contributed by atoms with Crippen LogP contribution in [0.3, 0.4) is 0 Å². The van der Waals surface area contributed by atoms with Crippen LogP contribution in [0.4, 0.5) is 0 Å². The van der Waals surface area contributed by atoms with Crippen LogP contribution in [0.15, 0.2) is 0 Å². The van der Waals surface area contributed by atoms with Crippen molar-refractivity contribution >= 4 is 23.6 Å². The molecule has 3 N–H and O–H groups in total. The second-order valence-electron chi connectivity index (χ2n) is 5.03. The predicted octanol–water partition coefficient (Wildman–Crippen LogP) is 1.09. The highest BCUT2D eigenvalue weighted by atomic mass is 32.2. The number of amides is 1. The molecule has 0 aromatic heterocycles. The average Bonchev–Trinajstić information content (AvgIpc) is 2.42. The summed E-state index contributed by atoms with van der Waals surface area (Å²) in [6.45, 7) is 5.78. The number of carbonyl (C=O) groups excluding carboxylic acids is 1. The molecule has 2 atom stereocenters. The minimum atomic E-state index is -0.949. The number of rotatable bonds is 7. The summed E-state index contributed by atoms with van der Waals surface area (Å²) in [6.07, 6.45) is 2.88. The van der Waals surface area contributed by atoms with Crippen molar-refractivity contribution in [3.05, 3.63) is 0 Å². The van der Waals surface area contributed by atoms with Crippen LogP contribution in [0.25, 0.3) is 0 Å². The Hall–Kier alpha value is -0.750. The highest BCUT2D eigenvalue weighted by Gasteiger charge is 2.25. The van der Waals surface area contributed by atoms with Crippen LogP contribution in [0.5, 0.6) is 0 Å². The highest BCUT2D eigenvalue weighted by molar-refractivity contribution is 8.00. The molecule has 1 rings (SSSR count). The fraction of sp³-hybridized carbons (Fsp3) is 0.846. The van der Waals surface area contributed by atoms with Gasteiger partial charge in [-0.25, -0.2) is 4.79 Å². The Balaban J connectivity index is 2.33. The van der Waals surface area contributed by atoms with Crippen molar-refractivity contribution in [3.8, 4) is 0 Å². The summed E-state index contributed by atoms with van der Waals surface area (Å²) < 4.78 is 0. The number of thioether (sulfide) groups is 1. The highest BCUT2D eigenvalue weighted by Crippen LogP contribution is 2.20. The second kappa shape index (κ2) is 8.43. The van der Waals surface area contributed by atoms with Gasteiger partial charge >= 0.3 is 5.97 Å². The molecular formula is C13H24N2O3S. The van der Waals surface area contributed by atoms with Crippen molar-refractivity contribution in [1.82, 2.24) is 10.6 Å². The molecule has 0 bridgehead atoms. The number of aliphatic carboxylic acids is 1. The van der Waals surface area contributed by atoms with Crippen LogP contribution in [0, 0.1) is 5.92 Å². The third kappa shape index (κ3) is 5.82. The zero-order valence-corrected chi connectivity index (χ0v) is 12.5. The van der Waals surface area contributed by atoms with E-state index < -0.39 is 12.0 Å². The summed E-state index contributed by atoms with van der Waals surface area (Å²) in [7, 11) is 0. The zero-order valence-electron chi connectivity index (χ0n) is 11.6. The maximum absolute atomic E-state index is 11.8. The van der Waals surface area contributed by atoms with E-state index in [2.05, 4.69) is 10.6 Å². The topological polar surface area (TPSA) is 78.4 Å². The number of piperidine rings is 1. The molecule has 0 aliphatic carbocycles. The molecule has 1 aliphatic heterocycles. The third-order valence-corrected chi connectivity index (χ3v) is 4.90. The summed E-state index contributed by atoms with van der Waals surface area (Å²) in [5, 5.41) is 15.5. The molecule has 19 heavy (non-hydrogen) atoms. The Morgan fingerprint density at radius 1 is 1.42 bits per heavy atom. The SMILES string of the molecule is CC[C@H](C)[C@H](NC(=O)CSC1CCNCC1)C(=O)O. The van der Waals surface area contributed by atoms with Gasteiger partial charge in [0.05, 0.1) is 5.75 Å². The number of carboxylic acids is 1. The summed E-state index contributed by atoms with van der Waals surface area (Å²) in [6, 6.07) is -0.772. The molecule has 5 nitrogen and oxygen atoms in total. The van der Waals surface area contributed by atoms with Crippen molar-refractivity contribution in [2.24, 2.45) is 5.92 Å². The van der Waals surface area contributed by atoms with E-state index >= 15 is 0 Å². The lowest BCUT2D eigenvalue weighted by molar-refractivity contribution is -0.143. The largest absolute Gasteiger partial charge is 0.480 e. The zero-order chi connectivity index (χ0) is 14.3. The molecule has 0 aromatic rings. The van der Waals surface area contributed by atoms with Gasteiger partial charge in [-0.05, 0) is 31.8 Å². The van der Waals surface area contributed by atoms with Gasteiger partial charge in [0.1, 0.15) is 6.04 Å². The van der Waals surface area contributed by atoms with Gasteiger partial charge in [-0.1, -0.05) is 20.3 Å². The van der Waals surface area contributed by atoms with E-state index in [1.54, 1.807) is 11.8 Å². The quantitative estimate of drug-likeness (QED) is 0.653. The molecular weight excluding hydrogens is 264 g/mol. The molecule has 0 unspecified atom stereocenters. The first-order valence-electron chi connectivity index (χ1n) is 6.89. The van der Waals surface area contributed by atoms with Gasteiger partial charge in [0.25, 0.3) is 0 Å².